The quantitative estimate of drug-likeness (QED) is 0.679. The molecule has 0 aliphatic heterocycles. The molecule has 0 aromatic heterocycles. The minimum Gasteiger partial charge on any atom is -0.454 e. The van der Waals surface area contributed by atoms with Crippen molar-refractivity contribution in [3.63, 3.8) is 0 Å². The van der Waals surface area contributed by atoms with E-state index in [4.69, 9.17) is 21.4 Å². The van der Waals surface area contributed by atoms with Crippen LogP contribution in [-0.2, 0) is 9.53 Å². The number of hydrogen-bond acceptors (Lipinski definition) is 3. The lowest BCUT2D eigenvalue weighted by molar-refractivity contribution is -0.145. The van der Waals surface area contributed by atoms with E-state index in [-0.39, 0.29) is 18.6 Å². The summed E-state index contributed by atoms with van der Waals surface area (Å²) in [7, 11) is 0. The zero-order valence-electron chi connectivity index (χ0n) is 12.2. The van der Waals surface area contributed by atoms with Crippen molar-refractivity contribution in [3.8, 4) is 0 Å². The highest BCUT2D eigenvalue weighted by Gasteiger charge is 2.28. The van der Waals surface area contributed by atoms with Gasteiger partial charge in [0.15, 0.2) is 0 Å². The number of fused-ring (bicyclic) bond motifs is 1. The molecule has 0 fully saturated rings. The van der Waals surface area contributed by atoms with Crippen molar-refractivity contribution in [3.05, 3.63) is 52.1 Å². The van der Waals surface area contributed by atoms with Gasteiger partial charge in [0.05, 0.1) is 0 Å². The van der Waals surface area contributed by atoms with Crippen LogP contribution in [0.4, 0.5) is 0 Å². The van der Waals surface area contributed by atoms with Crippen LogP contribution in [0.3, 0.4) is 0 Å². The van der Waals surface area contributed by atoms with Gasteiger partial charge < -0.3 is 9.84 Å². The smallest absolute Gasteiger partial charge is 0.331 e. The molecule has 4 heteroatoms. The fraction of sp³-hybridized carbons (Fsp3) is 0.353. The van der Waals surface area contributed by atoms with E-state index in [0.717, 1.165) is 16.7 Å². The van der Waals surface area contributed by atoms with Gasteiger partial charge in [-0.1, -0.05) is 42.8 Å². The summed E-state index contributed by atoms with van der Waals surface area (Å²) in [6.07, 6.45) is 7.04. The summed E-state index contributed by atoms with van der Waals surface area (Å²) in [5.41, 5.74) is 2.93. The Balaban J connectivity index is 2.25. The Morgan fingerprint density at radius 3 is 2.95 bits per heavy atom. The zero-order chi connectivity index (χ0) is 15.4. The molecule has 1 N–H and O–H groups in total. The molecule has 0 spiro atoms. The van der Waals surface area contributed by atoms with E-state index in [0.29, 0.717) is 11.4 Å². The van der Waals surface area contributed by atoms with Gasteiger partial charge in [-0.25, -0.2) is 4.79 Å². The van der Waals surface area contributed by atoms with Crippen LogP contribution in [0.25, 0.3) is 6.08 Å². The maximum absolute atomic E-state index is 11.9. The third kappa shape index (κ3) is 3.74. The third-order valence-electron chi connectivity index (χ3n) is 3.44. The van der Waals surface area contributed by atoms with Crippen LogP contribution in [-0.4, -0.2) is 17.7 Å². The molecule has 0 bridgehead atoms. The van der Waals surface area contributed by atoms with Crippen LogP contribution < -0.4 is 0 Å². The molecule has 0 unspecified atom stereocenters. The molecule has 0 radical (unpaired) electrons. The molecule has 0 saturated carbocycles. The Labute approximate surface area is 129 Å². The average molecular weight is 307 g/mol. The van der Waals surface area contributed by atoms with Gasteiger partial charge in [-0.15, -0.1) is 0 Å². The van der Waals surface area contributed by atoms with Gasteiger partial charge in [0.25, 0.3) is 0 Å². The molecule has 0 amide bonds. The van der Waals surface area contributed by atoms with Gasteiger partial charge in [0.1, 0.15) is 6.10 Å². The largest absolute Gasteiger partial charge is 0.454 e. The van der Waals surface area contributed by atoms with Crippen molar-refractivity contribution in [1.82, 2.24) is 0 Å². The molecular weight excluding hydrogens is 288 g/mol. The first kappa shape index (κ1) is 15.8. The van der Waals surface area contributed by atoms with E-state index in [1.165, 1.54) is 6.08 Å². The molecule has 1 aliphatic rings. The van der Waals surface area contributed by atoms with Crippen LogP contribution in [0.1, 0.15) is 36.1 Å². The third-order valence-corrected chi connectivity index (χ3v) is 3.75. The number of carbonyl (C=O) groups excluding carboxylic acids is 1. The Morgan fingerprint density at radius 2 is 2.24 bits per heavy atom. The fourth-order valence-corrected chi connectivity index (χ4v) is 2.81. The van der Waals surface area contributed by atoms with E-state index in [2.05, 4.69) is 0 Å². The van der Waals surface area contributed by atoms with E-state index in [9.17, 15) is 4.79 Å². The zero-order valence-corrected chi connectivity index (χ0v) is 12.9. The second-order valence-corrected chi connectivity index (χ2v) is 5.65. The number of rotatable bonds is 4. The summed E-state index contributed by atoms with van der Waals surface area (Å²) < 4.78 is 5.55. The number of halogens is 1. The van der Waals surface area contributed by atoms with Gasteiger partial charge in [-0.3, -0.25) is 0 Å². The predicted octanol–water partition coefficient (Wildman–Crippen LogP) is 3.83. The van der Waals surface area contributed by atoms with Crippen LogP contribution in [0.2, 0.25) is 5.02 Å². The lowest BCUT2D eigenvalue weighted by atomic mass is 9.87. The first-order valence-electron chi connectivity index (χ1n) is 6.99. The molecule has 0 saturated heterocycles. The number of aliphatic hydroxyl groups is 1. The number of aliphatic hydroxyl groups excluding tert-OH is 1. The molecule has 112 valence electrons. The van der Waals surface area contributed by atoms with Gasteiger partial charge in [-0.05, 0) is 30.5 Å². The van der Waals surface area contributed by atoms with Gasteiger partial charge in [0, 0.05) is 29.2 Å². The van der Waals surface area contributed by atoms with Gasteiger partial charge in [0.2, 0.25) is 0 Å². The summed E-state index contributed by atoms with van der Waals surface area (Å²) in [5.74, 6) is -0.355. The lowest BCUT2D eigenvalue weighted by Gasteiger charge is -2.28. The minimum atomic E-state index is -0.418. The number of aryl methyl sites for hydroxylation is 1. The monoisotopic (exact) mass is 306 g/mol. The van der Waals surface area contributed by atoms with Crippen LogP contribution >= 0.6 is 11.6 Å². The van der Waals surface area contributed by atoms with Crippen molar-refractivity contribution in [2.75, 3.05) is 6.61 Å². The minimum absolute atomic E-state index is 0.0142. The first-order chi connectivity index (χ1) is 10.0. The van der Waals surface area contributed by atoms with Crippen molar-refractivity contribution >= 4 is 23.6 Å². The lowest BCUT2D eigenvalue weighted by Crippen LogP contribution is -2.19. The van der Waals surface area contributed by atoms with Crippen molar-refractivity contribution in [2.45, 2.75) is 26.4 Å². The maximum Gasteiger partial charge on any atom is 0.331 e. The molecule has 0 heterocycles. The molecule has 2 rings (SSSR count). The first-order valence-corrected chi connectivity index (χ1v) is 7.37. The number of carbonyl (C=O) groups is 1. The van der Waals surface area contributed by atoms with Gasteiger partial charge in [-0.2, -0.15) is 0 Å². The highest BCUT2D eigenvalue weighted by Crippen LogP contribution is 2.39. The topological polar surface area (TPSA) is 46.5 Å². The Bertz CT molecular complexity index is 590. The van der Waals surface area contributed by atoms with Crippen molar-refractivity contribution < 1.29 is 14.6 Å². The van der Waals surface area contributed by atoms with Crippen LogP contribution in [0, 0.1) is 12.8 Å². The average Bonchev–Trinajstić information content (AvgIpc) is 2.42. The van der Waals surface area contributed by atoms with E-state index in [1.807, 2.05) is 38.1 Å². The second-order valence-electron chi connectivity index (χ2n) is 5.24. The summed E-state index contributed by atoms with van der Waals surface area (Å²) >= 11 is 6.34. The fourth-order valence-electron chi connectivity index (χ4n) is 2.42. The Hall–Kier alpha value is -1.58. The number of hydrogen-bond donors (Lipinski definition) is 1. The summed E-state index contributed by atoms with van der Waals surface area (Å²) in [6, 6.07) is 3.92. The normalized spacial score (nSPS) is 20.6. The predicted molar refractivity (Wildman–Crippen MR) is 84.1 cm³/mol. The molecular formula is C17H19ClO3. The van der Waals surface area contributed by atoms with Gasteiger partial charge >= 0.3 is 5.97 Å². The maximum atomic E-state index is 11.9. The van der Waals surface area contributed by atoms with E-state index >= 15 is 0 Å². The molecule has 3 nitrogen and oxygen atoms in total. The van der Waals surface area contributed by atoms with Crippen LogP contribution in [0.5, 0.6) is 0 Å². The summed E-state index contributed by atoms with van der Waals surface area (Å²) in [5, 5.41) is 9.33. The number of benzene rings is 1. The SMILES string of the molecule is Cc1cc(Cl)c2c(c1)C=C[C@@H](C)[C@H]2OC(=O)/C=C\CCO. The highest BCUT2D eigenvalue weighted by molar-refractivity contribution is 6.31. The molecule has 1 aromatic rings. The summed E-state index contributed by atoms with van der Waals surface area (Å²) in [4.78, 5) is 11.9. The second kappa shape index (κ2) is 6.92. The molecule has 1 aromatic carbocycles. The summed E-state index contributed by atoms with van der Waals surface area (Å²) in [6.45, 7) is 3.99. The Morgan fingerprint density at radius 1 is 1.48 bits per heavy atom. The number of ether oxygens (including phenoxy) is 1. The number of esters is 1. The molecule has 1 aliphatic carbocycles. The standard InChI is InChI=1S/C17H19ClO3/c1-11-9-13-7-6-12(2)17(16(13)14(18)10-11)21-15(20)5-3-4-8-19/h3,5-7,9-10,12,17,19H,4,8H2,1-2H3/b5-3-/t12-,17-/m1/s1. The van der Waals surface area contributed by atoms with E-state index in [1.54, 1.807) is 6.08 Å². The highest BCUT2D eigenvalue weighted by atomic mass is 35.5. The Kier molecular flexibility index (Phi) is 5.21. The molecule has 21 heavy (non-hydrogen) atoms. The van der Waals surface area contributed by atoms with E-state index < -0.39 is 5.97 Å². The molecule has 2 atom stereocenters. The van der Waals surface area contributed by atoms with Crippen LogP contribution in [0.15, 0.2) is 30.4 Å². The van der Waals surface area contributed by atoms with Crippen molar-refractivity contribution in [1.29, 1.82) is 0 Å². The van der Waals surface area contributed by atoms with Crippen molar-refractivity contribution in [2.24, 2.45) is 5.92 Å².